The molecule has 0 spiro atoms. The second kappa shape index (κ2) is 5.64. The molecule has 0 aliphatic carbocycles. The quantitative estimate of drug-likeness (QED) is 0.741. The highest BCUT2D eigenvalue weighted by molar-refractivity contribution is 5.79. The second-order valence-corrected chi connectivity index (χ2v) is 4.97. The summed E-state index contributed by atoms with van der Waals surface area (Å²) in [4.78, 5) is 11.8. The van der Waals surface area contributed by atoms with Crippen molar-refractivity contribution in [2.75, 3.05) is 19.7 Å². The van der Waals surface area contributed by atoms with Crippen molar-refractivity contribution in [3.8, 4) is 0 Å². The van der Waals surface area contributed by atoms with Crippen LogP contribution >= 0.6 is 0 Å². The van der Waals surface area contributed by atoms with Crippen LogP contribution in [0.5, 0.6) is 0 Å². The fourth-order valence-electron chi connectivity index (χ4n) is 2.52. The Morgan fingerprint density at radius 2 is 2.44 bits per heavy atom. The summed E-state index contributed by atoms with van der Waals surface area (Å²) in [5, 5.41) is 6.30. The first-order valence-corrected chi connectivity index (χ1v) is 6.38. The third-order valence-corrected chi connectivity index (χ3v) is 3.46. The summed E-state index contributed by atoms with van der Waals surface area (Å²) in [5.41, 5.74) is 0. The number of ether oxygens (including phenoxy) is 1. The van der Waals surface area contributed by atoms with E-state index in [9.17, 15) is 4.79 Å². The summed E-state index contributed by atoms with van der Waals surface area (Å²) in [5.74, 6) is 0.377. The summed E-state index contributed by atoms with van der Waals surface area (Å²) in [7, 11) is 0. The lowest BCUT2D eigenvalue weighted by molar-refractivity contribution is -0.125. The number of carbonyl (C=O) groups excluding carboxylic acids is 1. The number of carbonyl (C=O) groups is 1. The van der Waals surface area contributed by atoms with Crippen molar-refractivity contribution >= 4 is 5.91 Å². The SMILES string of the molecule is C[C@H](C[C@H]1CCCO1)NC(=O)[C@H]1CCNC1. The van der Waals surface area contributed by atoms with Gasteiger partial charge in [0.25, 0.3) is 0 Å². The number of hydrogen-bond donors (Lipinski definition) is 2. The third kappa shape index (κ3) is 3.19. The molecule has 4 nitrogen and oxygen atoms in total. The molecule has 0 bridgehead atoms. The molecule has 2 heterocycles. The molecule has 16 heavy (non-hydrogen) atoms. The minimum absolute atomic E-state index is 0.173. The first-order valence-electron chi connectivity index (χ1n) is 6.38. The Labute approximate surface area is 97.1 Å². The van der Waals surface area contributed by atoms with Crippen molar-refractivity contribution in [1.29, 1.82) is 0 Å². The predicted molar refractivity (Wildman–Crippen MR) is 62.2 cm³/mol. The van der Waals surface area contributed by atoms with Crippen molar-refractivity contribution in [1.82, 2.24) is 10.6 Å². The Hall–Kier alpha value is -0.610. The van der Waals surface area contributed by atoms with Crippen molar-refractivity contribution in [2.24, 2.45) is 5.92 Å². The minimum Gasteiger partial charge on any atom is -0.378 e. The lowest BCUT2D eigenvalue weighted by Crippen LogP contribution is -2.39. The first-order chi connectivity index (χ1) is 7.75. The third-order valence-electron chi connectivity index (χ3n) is 3.46. The molecule has 0 saturated carbocycles. The van der Waals surface area contributed by atoms with E-state index in [1.807, 2.05) is 0 Å². The zero-order chi connectivity index (χ0) is 11.4. The lowest BCUT2D eigenvalue weighted by atomic mass is 10.1. The zero-order valence-electron chi connectivity index (χ0n) is 10.00. The van der Waals surface area contributed by atoms with Gasteiger partial charge in [0.15, 0.2) is 0 Å². The molecule has 2 rings (SSSR count). The van der Waals surface area contributed by atoms with Crippen molar-refractivity contribution in [3.05, 3.63) is 0 Å². The Kier molecular flexibility index (Phi) is 4.18. The Morgan fingerprint density at radius 3 is 3.06 bits per heavy atom. The number of nitrogens with one attached hydrogen (secondary N) is 2. The van der Waals surface area contributed by atoms with Gasteiger partial charge in [-0.15, -0.1) is 0 Å². The summed E-state index contributed by atoms with van der Waals surface area (Å²) < 4.78 is 5.57. The smallest absolute Gasteiger partial charge is 0.224 e. The van der Waals surface area contributed by atoms with Crippen LogP contribution in [0.2, 0.25) is 0 Å². The molecule has 2 aliphatic heterocycles. The van der Waals surface area contributed by atoms with Crippen LogP contribution in [0.3, 0.4) is 0 Å². The molecular formula is C12H22N2O2. The van der Waals surface area contributed by atoms with Gasteiger partial charge in [-0.2, -0.15) is 0 Å². The summed E-state index contributed by atoms with van der Waals surface area (Å²) in [6.45, 7) is 4.76. The molecular weight excluding hydrogens is 204 g/mol. The average molecular weight is 226 g/mol. The van der Waals surface area contributed by atoms with Crippen LogP contribution in [0.1, 0.15) is 32.6 Å². The van der Waals surface area contributed by atoms with Gasteiger partial charge in [0.05, 0.1) is 12.0 Å². The molecule has 4 heteroatoms. The highest BCUT2D eigenvalue weighted by atomic mass is 16.5. The Morgan fingerprint density at radius 1 is 1.56 bits per heavy atom. The molecule has 0 aromatic carbocycles. The van der Waals surface area contributed by atoms with Gasteiger partial charge in [-0.3, -0.25) is 4.79 Å². The van der Waals surface area contributed by atoms with E-state index in [0.29, 0.717) is 6.10 Å². The number of hydrogen-bond acceptors (Lipinski definition) is 3. The van der Waals surface area contributed by atoms with Gasteiger partial charge < -0.3 is 15.4 Å². The summed E-state index contributed by atoms with van der Waals surface area (Å²) in [6, 6.07) is 0.233. The highest BCUT2D eigenvalue weighted by Gasteiger charge is 2.25. The van der Waals surface area contributed by atoms with Crippen molar-refractivity contribution in [3.63, 3.8) is 0 Å². The molecule has 2 aliphatic rings. The van der Waals surface area contributed by atoms with Crippen LogP contribution in [-0.2, 0) is 9.53 Å². The summed E-state index contributed by atoms with van der Waals surface area (Å²) in [6.07, 6.45) is 4.59. The van der Waals surface area contributed by atoms with Gasteiger partial charge in [-0.05, 0) is 39.2 Å². The molecule has 3 atom stereocenters. The monoisotopic (exact) mass is 226 g/mol. The predicted octanol–water partition coefficient (Wildman–Crippen LogP) is 0.670. The van der Waals surface area contributed by atoms with E-state index < -0.39 is 0 Å². The largest absolute Gasteiger partial charge is 0.378 e. The molecule has 2 fully saturated rings. The van der Waals surface area contributed by atoms with E-state index >= 15 is 0 Å². The molecule has 2 N–H and O–H groups in total. The van der Waals surface area contributed by atoms with E-state index in [1.165, 1.54) is 0 Å². The average Bonchev–Trinajstić information content (AvgIpc) is 2.88. The van der Waals surface area contributed by atoms with E-state index in [2.05, 4.69) is 17.6 Å². The lowest BCUT2D eigenvalue weighted by Gasteiger charge is -2.19. The number of amides is 1. The molecule has 92 valence electrons. The standard InChI is InChI=1S/C12H22N2O2/c1-9(7-11-3-2-6-16-11)14-12(15)10-4-5-13-8-10/h9-11,13H,2-8H2,1H3,(H,14,15)/t9-,10+,11-/m1/s1. The van der Waals surface area contributed by atoms with Gasteiger partial charge >= 0.3 is 0 Å². The summed E-state index contributed by atoms with van der Waals surface area (Å²) >= 11 is 0. The van der Waals surface area contributed by atoms with Crippen LogP contribution in [0.25, 0.3) is 0 Å². The topological polar surface area (TPSA) is 50.4 Å². The molecule has 1 amide bonds. The van der Waals surface area contributed by atoms with Crippen LogP contribution in [0, 0.1) is 5.92 Å². The van der Waals surface area contributed by atoms with Crippen molar-refractivity contribution < 1.29 is 9.53 Å². The van der Waals surface area contributed by atoms with Gasteiger partial charge in [0.1, 0.15) is 0 Å². The Bertz CT molecular complexity index is 233. The van der Waals surface area contributed by atoms with Crippen molar-refractivity contribution in [2.45, 2.75) is 44.8 Å². The van der Waals surface area contributed by atoms with E-state index in [4.69, 9.17) is 4.74 Å². The molecule has 0 radical (unpaired) electrons. The molecule has 0 aromatic rings. The van der Waals surface area contributed by atoms with Crippen LogP contribution in [-0.4, -0.2) is 37.7 Å². The van der Waals surface area contributed by atoms with Gasteiger partial charge in [-0.1, -0.05) is 0 Å². The Balaban J connectivity index is 1.68. The highest BCUT2D eigenvalue weighted by Crippen LogP contribution is 2.17. The number of rotatable bonds is 4. The van der Waals surface area contributed by atoms with Gasteiger partial charge in [-0.25, -0.2) is 0 Å². The van der Waals surface area contributed by atoms with Gasteiger partial charge in [0, 0.05) is 19.2 Å². The van der Waals surface area contributed by atoms with E-state index in [0.717, 1.165) is 45.4 Å². The van der Waals surface area contributed by atoms with E-state index in [1.54, 1.807) is 0 Å². The van der Waals surface area contributed by atoms with Crippen LogP contribution in [0.4, 0.5) is 0 Å². The normalized spacial score (nSPS) is 31.6. The maximum Gasteiger partial charge on any atom is 0.224 e. The van der Waals surface area contributed by atoms with Gasteiger partial charge in [0.2, 0.25) is 5.91 Å². The van der Waals surface area contributed by atoms with Crippen LogP contribution in [0.15, 0.2) is 0 Å². The molecule has 0 aromatic heterocycles. The minimum atomic E-state index is 0.173. The molecule has 0 unspecified atom stereocenters. The maximum absolute atomic E-state index is 11.8. The van der Waals surface area contributed by atoms with Crippen LogP contribution < -0.4 is 10.6 Å². The van der Waals surface area contributed by atoms with E-state index in [-0.39, 0.29) is 17.9 Å². The zero-order valence-corrected chi connectivity index (χ0v) is 10.00. The molecule has 2 saturated heterocycles. The fourth-order valence-corrected chi connectivity index (χ4v) is 2.52. The maximum atomic E-state index is 11.8. The second-order valence-electron chi connectivity index (χ2n) is 4.97. The first kappa shape index (κ1) is 11.9. The fraction of sp³-hybridized carbons (Fsp3) is 0.917.